The van der Waals surface area contributed by atoms with Crippen LogP contribution in [-0.2, 0) is 19.8 Å². The molecule has 3 aromatic rings. The van der Waals surface area contributed by atoms with Crippen molar-refractivity contribution in [1.29, 1.82) is 0 Å². The fraction of sp³-hybridized carbons (Fsp3) is 0.211. The molecule has 1 amide bonds. The highest BCUT2D eigenvalue weighted by atomic mass is 19.1. The Hall–Kier alpha value is -3.30. The summed E-state index contributed by atoms with van der Waals surface area (Å²) in [5.74, 6) is -1.31. The van der Waals surface area contributed by atoms with E-state index >= 15 is 0 Å². The van der Waals surface area contributed by atoms with E-state index in [-0.39, 0.29) is 44.6 Å². The van der Waals surface area contributed by atoms with E-state index in [0.29, 0.717) is 5.56 Å². The summed E-state index contributed by atoms with van der Waals surface area (Å²) >= 11 is 0. The van der Waals surface area contributed by atoms with Gasteiger partial charge in [-0.2, -0.15) is 0 Å². The molecular formula is C19H18FN3O5. The summed E-state index contributed by atoms with van der Waals surface area (Å²) in [7, 11) is 0. The second-order valence-corrected chi connectivity index (χ2v) is 6.17. The molecule has 3 rings (SSSR count). The Balaban J connectivity index is 2.11. The molecule has 28 heavy (non-hydrogen) atoms. The number of hydrogen-bond donors (Lipinski definition) is 4. The van der Waals surface area contributed by atoms with Crippen LogP contribution in [-0.4, -0.2) is 31.0 Å². The highest BCUT2D eigenvalue weighted by Crippen LogP contribution is 2.25. The van der Waals surface area contributed by atoms with E-state index in [9.17, 15) is 29.4 Å². The van der Waals surface area contributed by atoms with Crippen molar-refractivity contribution >= 4 is 16.9 Å². The molecule has 0 unspecified atom stereocenters. The first-order valence-electron chi connectivity index (χ1n) is 8.39. The van der Waals surface area contributed by atoms with Crippen molar-refractivity contribution in [3.63, 3.8) is 0 Å². The monoisotopic (exact) mass is 387 g/mol. The first kappa shape index (κ1) is 19.5. The van der Waals surface area contributed by atoms with Crippen LogP contribution in [0.4, 0.5) is 4.39 Å². The standard InChI is InChI=1S/C19H18FN3O5/c1-10-15-13(9-25)12(8-24)7-21-17(15)23(28)19(27)16(10)18(26)22-6-11-4-2-3-5-14(11)20/h2-5,7,24-25,28H,6,8-9H2,1H3,(H,22,26). The number of nitrogens with one attached hydrogen (secondary N) is 1. The molecule has 0 aliphatic rings. The number of halogens is 1. The van der Waals surface area contributed by atoms with Crippen molar-refractivity contribution in [3.8, 4) is 0 Å². The quantitative estimate of drug-likeness (QED) is 0.484. The van der Waals surface area contributed by atoms with E-state index < -0.39 is 30.5 Å². The molecule has 9 heteroatoms. The van der Waals surface area contributed by atoms with E-state index in [1.54, 1.807) is 6.07 Å². The number of carbonyl (C=O) groups excluding carboxylic acids is 1. The first-order valence-corrected chi connectivity index (χ1v) is 8.39. The molecule has 0 saturated heterocycles. The number of nitrogens with zero attached hydrogens (tertiary/aromatic N) is 2. The van der Waals surface area contributed by atoms with Gasteiger partial charge < -0.3 is 20.7 Å². The Bertz CT molecular complexity index is 1130. The lowest BCUT2D eigenvalue weighted by Crippen LogP contribution is -2.34. The van der Waals surface area contributed by atoms with Crippen molar-refractivity contribution in [2.45, 2.75) is 26.7 Å². The molecule has 2 aromatic heterocycles. The number of rotatable bonds is 5. The third kappa shape index (κ3) is 3.21. The van der Waals surface area contributed by atoms with Crippen molar-refractivity contribution in [2.24, 2.45) is 0 Å². The summed E-state index contributed by atoms with van der Waals surface area (Å²) in [6.07, 6.45) is 1.23. The number of carbonyl (C=O) groups is 1. The predicted octanol–water partition coefficient (Wildman–Crippen LogP) is 0.996. The molecule has 0 aliphatic carbocycles. The van der Waals surface area contributed by atoms with Gasteiger partial charge in [-0.15, -0.1) is 4.73 Å². The smallest absolute Gasteiger partial charge is 0.298 e. The average Bonchev–Trinajstić information content (AvgIpc) is 2.70. The SMILES string of the molecule is Cc1c(C(=O)NCc2ccccc2F)c(=O)n(O)c2ncc(CO)c(CO)c12. The fourth-order valence-electron chi connectivity index (χ4n) is 3.11. The van der Waals surface area contributed by atoms with Crippen molar-refractivity contribution < 1.29 is 24.6 Å². The Kier molecular flexibility index (Phi) is 5.39. The minimum atomic E-state index is -0.996. The zero-order valence-corrected chi connectivity index (χ0v) is 14.9. The average molecular weight is 387 g/mol. The summed E-state index contributed by atoms with van der Waals surface area (Å²) in [4.78, 5) is 29.1. The molecule has 0 bridgehead atoms. The van der Waals surface area contributed by atoms with E-state index in [2.05, 4.69) is 10.3 Å². The molecule has 0 radical (unpaired) electrons. The third-order valence-electron chi connectivity index (χ3n) is 4.57. The maximum atomic E-state index is 13.7. The van der Waals surface area contributed by atoms with E-state index in [1.807, 2.05) is 0 Å². The molecule has 0 saturated carbocycles. The fourth-order valence-corrected chi connectivity index (χ4v) is 3.11. The summed E-state index contributed by atoms with van der Waals surface area (Å²) < 4.78 is 14.0. The zero-order valence-electron chi connectivity index (χ0n) is 14.9. The third-order valence-corrected chi connectivity index (χ3v) is 4.57. The Morgan fingerprint density at radius 2 is 1.93 bits per heavy atom. The van der Waals surface area contributed by atoms with Crippen LogP contribution in [0, 0.1) is 12.7 Å². The number of aromatic nitrogens is 2. The zero-order chi connectivity index (χ0) is 20.4. The lowest BCUT2D eigenvalue weighted by molar-refractivity contribution is 0.0942. The van der Waals surface area contributed by atoms with Crippen molar-refractivity contribution in [3.05, 3.63) is 74.5 Å². The van der Waals surface area contributed by atoms with Crippen LogP contribution in [0.25, 0.3) is 11.0 Å². The molecular weight excluding hydrogens is 369 g/mol. The van der Waals surface area contributed by atoms with Gasteiger partial charge in [-0.3, -0.25) is 9.59 Å². The lowest BCUT2D eigenvalue weighted by Gasteiger charge is -2.15. The first-order chi connectivity index (χ1) is 13.4. The largest absolute Gasteiger partial charge is 0.423 e. The van der Waals surface area contributed by atoms with E-state index in [4.69, 9.17) is 0 Å². The second kappa shape index (κ2) is 7.75. The van der Waals surface area contributed by atoms with Gasteiger partial charge in [0.25, 0.3) is 11.5 Å². The topological polar surface area (TPSA) is 125 Å². The number of hydrogen-bond acceptors (Lipinski definition) is 6. The molecule has 1 aromatic carbocycles. The minimum absolute atomic E-state index is 0.144. The van der Waals surface area contributed by atoms with Gasteiger partial charge >= 0.3 is 0 Å². The van der Waals surface area contributed by atoms with E-state index in [1.165, 1.54) is 31.3 Å². The summed E-state index contributed by atoms with van der Waals surface area (Å²) in [6.45, 7) is 0.404. The second-order valence-electron chi connectivity index (χ2n) is 6.17. The van der Waals surface area contributed by atoms with Crippen LogP contribution < -0.4 is 10.9 Å². The molecule has 0 aliphatic heterocycles. The van der Waals surface area contributed by atoms with Crippen LogP contribution >= 0.6 is 0 Å². The number of fused-ring (bicyclic) bond motifs is 1. The van der Waals surface area contributed by atoms with Crippen LogP contribution in [0.5, 0.6) is 0 Å². The van der Waals surface area contributed by atoms with Crippen LogP contribution in [0.3, 0.4) is 0 Å². The van der Waals surface area contributed by atoms with Gasteiger partial charge in [-0.25, -0.2) is 9.37 Å². The predicted molar refractivity (Wildman–Crippen MR) is 97.3 cm³/mol. The van der Waals surface area contributed by atoms with Gasteiger partial charge in [-0.1, -0.05) is 18.2 Å². The molecule has 0 spiro atoms. The number of pyridine rings is 2. The highest BCUT2D eigenvalue weighted by Gasteiger charge is 2.23. The lowest BCUT2D eigenvalue weighted by atomic mass is 9.99. The molecule has 0 atom stereocenters. The molecule has 4 N–H and O–H groups in total. The highest BCUT2D eigenvalue weighted by molar-refractivity contribution is 6.00. The van der Waals surface area contributed by atoms with Crippen LogP contribution in [0.1, 0.15) is 32.6 Å². The number of aliphatic hydroxyl groups excluding tert-OH is 2. The van der Waals surface area contributed by atoms with Crippen LogP contribution in [0.2, 0.25) is 0 Å². The van der Waals surface area contributed by atoms with Gasteiger partial charge in [0, 0.05) is 29.3 Å². The molecule has 146 valence electrons. The van der Waals surface area contributed by atoms with Gasteiger partial charge in [0.05, 0.1) is 13.2 Å². The number of amides is 1. The van der Waals surface area contributed by atoms with Gasteiger partial charge in [0.15, 0.2) is 5.65 Å². The van der Waals surface area contributed by atoms with Gasteiger partial charge in [0.1, 0.15) is 11.4 Å². The number of benzene rings is 1. The van der Waals surface area contributed by atoms with Gasteiger partial charge in [-0.05, 0) is 24.1 Å². The maximum absolute atomic E-state index is 13.7. The summed E-state index contributed by atoms with van der Waals surface area (Å²) in [5.41, 5.74) is -0.538. The van der Waals surface area contributed by atoms with Crippen LogP contribution in [0.15, 0.2) is 35.3 Å². The summed E-state index contributed by atoms with van der Waals surface area (Å²) in [5, 5.41) is 32.0. The Labute approximate surface area is 158 Å². The maximum Gasteiger partial charge on any atom is 0.298 e. The molecule has 2 heterocycles. The van der Waals surface area contributed by atoms with Gasteiger partial charge in [0.2, 0.25) is 0 Å². The number of aliphatic hydroxyl groups is 2. The summed E-state index contributed by atoms with van der Waals surface area (Å²) in [6, 6.07) is 5.87. The molecule has 0 fully saturated rings. The Morgan fingerprint density at radius 1 is 1.21 bits per heavy atom. The number of aryl methyl sites for hydroxylation is 1. The Morgan fingerprint density at radius 3 is 2.57 bits per heavy atom. The molecule has 8 nitrogen and oxygen atoms in total. The van der Waals surface area contributed by atoms with Crippen molar-refractivity contribution in [2.75, 3.05) is 0 Å². The van der Waals surface area contributed by atoms with Crippen molar-refractivity contribution in [1.82, 2.24) is 15.0 Å². The van der Waals surface area contributed by atoms with E-state index in [0.717, 1.165) is 0 Å². The normalized spacial score (nSPS) is 11.0. The minimum Gasteiger partial charge on any atom is -0.423 e.